The van der Waals surface area contributed by atoms with Crippen LogP contribution in [0.15, 0.2) is 0 Å². The average Bonchev–Trinajstić information content (AvgIpc) is 2.25. The van der Waals surface area contributed by atoms with Gasteiger partial charge in [-0.3, -0.25) is 0 Å². The van der Waals surface area contributed by atoms with Gasteiger partial charge in [0.2, 0.25) is 10.0 Å². The molecule has 4 nitrogen and oxygen atoms in total. The number of aliphatic hydroxyl groups is 1. The molecule has 1 aliphatic rings. The average molecular weight is 193 g/mol. The monoisotopic (exact) mass is 193 g/mol. The van der Waals surface area contributed by atoms with Crippen LogP contribution in [0, 0.1) is 0 Å². The maximum absolute atomic E-state index is 11.2. The Balaban J connectivity index is 2.43. The Morgan fingerprint density at radius 3 is 2.67 bits per heavy atom. The molecule has 1 rings (SSSR count). The van der Waals surface area contributed by atoms with Crippen LogP contribution >= 0.6 is 0 Å². The van der Waals surface area contributed by atoms with Crippen LogP contribution in [0.5, 0.6) is 0 Å². The largest absolute Gasteiger partial charge is 0.393 e. The van der Waals surface area contributed by atoms with Crippen molar-refractivity contribution in [2.75, 3.05) is 18.8 Å². The summed E-state index contributed by atoms with van der Waals surface area (Å²) in [6, 6.07) is 0. The molecule has 0 spiro atoms. The van der Waals surface area contributed by atoms with Crippen LogP contribution in [0.1, 0.15) is 19.8 Å². The van der Waals surface area contributed by atoms with Gasteiger partial charge in [-0.1, -0.05) is 0 Å². The van der Waals surface area contributed by atoms with E-state index in [2.05, 4.69) is 0 Å². The summed E-state index contributed by atoms with van der Waals surface area (Å²) in [4.78, 5) is 0. The van der Waals surface area contributed by atoms with Crippen LogP contribution < -0.4 is 0 Å². The summed E-state index contributed by atoms with van der Waals surface area (Å²) >= 11 is 0. The molecule has 0 bridgehead atoms. The lowest BCUT2D eigenvalue weighted by molar-refractivity contribution is 0.175. The highest BCUT2D eigenvalue weighted by Crippen LogP contribution is 2.13. The van der Waals surface area contributed by atoms with Crippen molar-refractivity contribution in [1.82, 2.24) is 4.31 Å². The molecule has 0 aromatic heterocycles. The highest BCUT2D eigenvalue weighted by Gasteiger charge is 2.27. The molecule has 0 aromatic carbocycles. The third kappa shape index (κ3) is 2.43. The van der Waals surface area contributed by atoms with Gasteiger partial charge in [0, 0.05) is 13.1 Å². The molecule has 72 valence electrons. The minimum atomic E-state index is -2.96. The zero-order valence-electron chi connectivity index (χ0n) is 7.23. The van der Waals surface area contributed by atoms with Crippen LogP contribution in [-0.4, -0.2) is 42.8 Å². The van der Waals surface area contributed by atoms with Crippen molar-refractivity contribution in [1.29, 1.82) is 0 Å². The molecule has 1 heterocycles. The first kappa shape index (κ1) is 9.95. The summed E-state index contributed by atoms with van der Waals surface area (Å²) < 4.78 is 23.9. The second-order valence-corrected chi connectivity index (χ2v) is 5.29. The van der Waals surface area contributed by atoms with Gasteiger partial charge in [0.05, 0.1) is 11.9 Å². The Morgan fingerprint density at radius 2 is 2.25 bits per heavy atom. The highest BCUT2D eigenvalue weighted by molar-refractivity contribution is 7.89. The van der Waals surface area contributed by atoms with E-state index in [1.54, 1.807) is 6.92 Å². The summed E-state index contributed by atoms with van der Waals surface area (Å²) in [5.74, 6) is 0.271. The molecule has 1 N–H and O–H groups in total. The molecule has 0 aliphatic carbocycles. The van der Waals surface area contributed by atoms with Crippen molar-refractivity contribution in [2.24, 2.45) is 0 Å². The van der Waals surface area contributed by atoms with Gasteiger partial charge in [-0.15, -0.1) is 0 Å². The lowest BCUT2D eigenvalue weighted by Gasteiger charge is -2.14. The fourth-order valence-electron chi connectivity index (χ4n) is 1.27. The Kier molecular flexibility index (Phi) is 3.09. The summed E-state index contributed by atoms with van der Waals surface area (Å²) in [6.45, 7) is 2.75. The lowest BCUT2D eigenvalue weighted by atomic mass is 10.3. The van der Waals surface area contributed by atoms with E-state index in [0.717, 1.165) is 6.42 Å². The Bertz CT molecular complexity index is 235. The third-order valence-corrected chi connectivity index (χ3v) is 3.96. The first-order chi connectivity index (χ1) is 5.52. The Morgan fingerprint density at radius 1 is 1.58 bits per heavy atom. The lowest BCUT2D eigenvalue weighted by Crippen LogP contribution is -2.28. The van der Waals surface area contributed by atoms with Crippen molar-refractivity contribution in [3.8, 4) is 0 Å². The first-order valence-corrected chi connectivity index (χ1v) is 5.79. The molecule has 1 atom stereocenters. The number of hydrogen-bond donors (Lipinski definition) is 1. The molecule has 1 fully saturated rings. The van der Waals surface area contributed by atoms with Crippen LogP contribution in [-0.2, 0) is 10.0 Å². The summed E-state index contributed by atoms with van der Waals surface area (Å²) in [6.07, 6.45) is 0.835. The number of rotatable bonds is 3. The van der Waals surface area contributed by atoms with E-state index in [1.807, 2.05) is 0 Å². The topological polar surface area (TPSA) is 57.6 Å². The highest BCUT2D eigenvalue weighted by atomic mass is 32.2. The van der Waals surface area contributed by atoms with Crippen LogP contribution in [0.25, 0.3) is 0 Å². The van der Waals surface area contributed by atoms with Gasteiger partial charge in [-0.05, 0) is 19.8 Å². The molecule has 1 aliphatic heterocycles. The van der Waals surface area contributed by atoms with Gasteiger partial charge in [0.25, 0.3) is 0 Å². The molecule has 0 amide bonds. The van der Waals surface area contributed by atoms with E-state index in [1.165, 1.54) is 4.31 Å². The van der Waals surface area contributed by atoms with Crippen molar-refractivity contribution < 1.29 is 13.5 Å². The van der Waals surface area contributed by atoms with E-state index in [-0.39, 0.29) is 5.75 Å². The van der Waals surface area contributed by atoms with E-state index in [0.29, 0.717) is 19.5 Å². The second kappa shape index (κ2) is 3.72. The molecule has 12 heavy (non-hydrogen) atoms. The Labute approximate surface area is 73.2 Å². The maximum atomic E-state index is 11.2. The first-order valence-electron chi connectivity index (χ1n) is 4.18. The summed E-state index contributed by atoms with van der Waals surface area (Å²) in [5, 5.41) is 8.96. The fourth-order valence-corrected chi connectivity index (χ4v) is 2.82. The molecule has 5 heteroatoms. The zero-order chi connectivity index (χ0) is 9.19. The summed E-state index contributed by atoms with van der Waals surface area (Å²) in [7, 11) is -2.96. The minimum absolute atomic E-state index is 0.271. The van der Waals surface area contributed by atoms with Gasteiger partial charge in [-0.25, -0.2) is 12.7 Å². The minimum Gasteiger partial charge on any atom is -0.393 e. The van der Waals surface area contributed by atoms with Crippen molar-refractivity contribution >= 4 is 10.0 Å². The zero-order valence-corrected chi connectivity index (χ0v) is 8.05. The van der Waals surface area contributed by atoms with E-state index >= 15 is 0 Å². The van der Waals surface area contributed by atoms with Crippen molar-refractivity contribution in [3.63, 3.8) is 0 Å². The SMILES string of the molecule is CC(O)CCN1CCCS1(=O)=O. The quantitative estimate of drug-likeness (QED) is 0.675. The second-order valence-electron chi connectivity index (χ2n) is 3.21. The maximum Gasteiger partial charge on any atom is 0.214 e. The summed E-state index contributed by atoms with van der Waals surface area (Å²) in [5.41, 5.74) is 0. The molecular weight excluding hydrogens is 178 g/mol. The molecule has 0 radical (unpaired) electrons. The van der Waals surface area contributed by atoms with Gasteiger partial charge in [-0.2, -0.15) is 0 Å². The fraction of sp³-hybridized carbons (Fsp3) is 1.00. The molecule has 1 unspecified atom stereocenters. The standard InChI is InChI=1S/C7H15NO3S/c1-7(9)3-5-8-4-2-6-12(8,10)11/h7,9H,2-6H2,1H3. The predicted molar refractivity (Wildman–Crippen MR) is 46.3 cm³/mol. The van der Waals surface area contributed by atoms with Crippen molar-refractivity contribution in [3.05, 3.63) is 0 Å². The van der Waals surface area contributed by atoms with Crippen molar-refractivity contribution in [2.45, 2.75) is 25.9 Å². The van der Waals surface area contributed by atoms with Gasteiger partial charge < -0.3 is 5.11 Å². The Hall–Kier alpha value is -0.130. The predicted octanol–water partition coefficient (Wildman–Crippen LogP) is -0.207. The van der Waals surface area contributed by atoms with Gasteiger partial charge >= 0.3 is 0 Å². The smallest absolute Gasteiger partial charge is 0.214 e. The molecule has 1 saturated heterocycles. The van der Waals surface area contributed by atoms with Crippen LogP contribution in [0.3, 0.4) is 0 Å². The van der Waals surface area contributed by atoms with E-state index in [4.69, 9.17) is 5.11 Å². The number of nitrogens with zero attached hydrogens (tertiary/aromatic N) is 1. The normalized spacial score (nSPS) is 25.8. The molecule has 0 saturated carbocycles. The van der Waals surface area contributed by atoms with Crippen LogP contribution in [0.4, 0.5) is 0 Å². The molecule has 0 aromatic rings. The number of aliphatic hydroxyl groups excluding tert-OH is 1. The van der Waals surface area contributed by atoms with Gasteiger partial charge in [0.15, 0.2) is 0 Å². The van der Waals surface area contributed by atoms with E-state index < -0.39 is 16.1 Å². The molecular formula is C7H15NO3S. The van der Waals surface area contributed by atoms with E-state index in [9.17, 15) is 8.42 Å². The number of sulfonamides is 1. The number of hydrogen-bond acceptors (Lipinski definition) is 3. The van der Waals surface area contributed by atoms with Crippen LogP contribution in [0.2, 0.25) is 0 Å². The third-order valence-electron chi connectivity index (χ3n) is 2.00. The van der Waals surface area contributed by atoms with Gasteiger partial charge in [0.1, 0.15) is 0 Å².